The number of hydrogen-bond donors (Lipinski definition) is 1. The average molecular weight is 420 g/mol. The predicted molar refractivity (Wildman–Crippen MR) is 119 cm³/mol. The summed E-state index contributed by atoms with van der Waals surface area (Å²) in [6, 6.07) is 23.0. The van der Waals surface area contributed by atoms with Crippen molar-refractivity contribution in [1.29, 1.82) is 0 Å². The number of nitrogens with one attached hydrogen (secondary N) is 1. The van der Waals surface area contributed by atoms with E-state index in [-0.39, 0.29) is 5.91 Å². The van der Waals surface area contributed by atoms with Crippen LogP contribution in [0.25, 0.3) is 11.0 Å². The van der Waals surface area contributed by atoms with Gasteiger partial charge >= 0.3 is 0 Å². The number of hydrogen-bond acceptors (Lipinski definition) is 3. The van der Waals surface area contributed by atoms with Crippen LogP contribution in [0.2, 0.25) is 5.02 Å². The molecule has 5 nitrogen and oxygen atoms in total. The van der Waals surface area contributed by atoms with Crippen molar-refractivity contribution in [3.8, 4) is 5.75 Å². The Labute approximate surface area is 180 Å². The van der Waals surface area contributed by atoms with Gasteiger partial charge in [-0.05, 0) is 42.0 Å². The van der Waals surface area contributed by atoms with Crippen molar-refractivity contribution < 1.29 is 9.53 Å². The largest absolute Gasteiger partial charge is 0.497 e. The molecule has 0 aliphatic carbocycles. The predicted octanol–water partition coefficient (Wildman–Crippen LogP) is 4.72. The van der Waals surface area contributed by atoms with Crippen molar-refractivity contribution in [2.45, 2.75) is 13.0 Å². The summed E-state index contributed by atoms with van der Waals surface area (Å²) in [5.74, 6) is 1.42. The fraction of sp³-hybridized carbons (Fsp3) is 0.167. The SMILES string of the molecule is COc1cccc(C(=O)NCCc2nc3ccccc3n2Cc2ccccc2Cl)c1. The fourth-order valence-corrected chi connectivity index (χ4v) is 3.64. The van der Waals surface area contributed by atoms with Crippen LogP contribution in [0, 0.1) is 0 Å². The highest BCUT2D eigenvalue weighted by molar-refractivity contribution is 6.31. The summed E-state index contributed by atoms with van der Waals surface area (Å²) < 4.78 is 7.35. The third kappa shape index (κ3) is 4.31. The first-order chi connectivity index (χ1) is 14.7. The maximum atomic E-state index is 12.5. The topological polar surface area (TPSA) is 56.1 Å². The van der Waals surface area contributed by atoms with Gasteiger partial charge in [-0.3, -0.25) is 4.79 Å². The number of aromatic nitrogens is 2. The Morgan fingerprint density at radius 2 is 1.87 bits per heavy atom. The van der Waals surface area contributed by atoms with Crippen LogP contribution in [-0.2, 0) is 13.0 Å². The summed E-state index contributed by atoms with van der Waals surface area (Å²) in [6.45, 7) is 1.10. The molecule has 0 atom stereocenters. The Balaban J connectivity index is 1.52. The van der Waals surface area contributed by atoms with Crippen LogP contribution in [0.3, 0.4) is 0 Å². The molecule has 0 aliphatic rings. The number of fused-ring (bicyclic) bond motifs is 1. The molecular formula is C24H22ClN3O2. The van der Waals surface area contributed by atoms with Gasteiger partial charge in [0.1, 0.15) is 11.6 Å². The fourth-order valence-electron chi connectivity index (χ4n) is 3.44. The quantitative estimate of drug-likeness (QED) is 0.471. The molecule has 6 heteroatoms. The van der Waals surface area contributed by atoms with Gasteiger partial charge in [-0.2, -0.15) is 0 Å². The molecule has 0 saturated heterocycles. The standard InChI is InChI=1S/C24H22ClN3O2/c1-30-19-9-6-8-17(15-19)24(29)26-14-13-23-27-21-11-4-5-12-22(21)28(23)16-18-7-2-3-10-20(18)25/h2-12,15H,13-14,16H2,1H3,(H,26,29). The maximum Gasteiger partial charge on any atom is 0.251 e. The van der Waals surface area contributed by atoms with Crippen LogP contribution in [0.15, 0.2) is 72.8 Å². The molecule has 0 aliphatic heterocycles. The van der Waals surface area contributed by atoms with E-state index in [0.717, 1.165) is 27.4 Å². The second-order valence-electron chi connectivity index (χ2n) is 6.93. The minimum Gasteiger partial charge on any atom is -0.497 e. The molecule has 4 rings (SSSR count). The Morgan fingerprint density at radius 1 is 1.07 bits per heavy atom. The van der Waals surface area contributed by atoms with Gasteiger partial charge in [-0.1, -0.05) is 48.0 Å². The molecule has 0 unspecified atom stereocenters. The summed E-state index contributed by atoms with van der Waals surface area (Å²) in [4.78, 5) is 17.3. The van der Waals surface area contributed by atoms with E-state index in [9.17, 15) is 4.79 Å². The first-order valence-electron chi connectivity index (χ1n) is 9.75. The van der Waals surface area contributed by atoms with Crippen LogP contribution in [0.5, 0.6) is 5.75 Å². The number of halogens is 1. The lowest BCUT2D eigenvalue weighted by molar-refractivity contribution is 0.0953. The molecule has 1 amide bonds. The number of methoxy groups -OCH3 is 1. The lowest BCUT2D eigenvalue weighted by Crippen LogP contribution is -2.26. The van der Waals surface area contributed by atoms with Gasteiger partial charge < -0.3 is 14.6 Å². The van der Waals surface area contributed by atoms with Crippen molar-refractivity contribution >= 4 is 28.5 Å². The number of amides is 1. The lowest BCUT2D eigenvalue weighted by Gasteiger charge is -2.11. The van der Waals surface area contributed by atoms with E-state index in [4.69, 9.17) is 21.3 Å². The zero-order valence-electron chi connectivity index (χ0n) is 16.6. The van der Waals surface area contributed by atoms with E-state index in [1.165, 1.54) is 0 Å². The van der Waals surface area contributed by atoms with Gasteiger partial charge in [0.25, 0.3) is 5.91 Å². The monoisotopic (exact) mass is 419 g/mol. The molecule has 0 bridgehead atoms. The first-order valence-corrected chi connectivity index (χ1v) is 10.1. The van der Waals surface area contributed by atoms with Gasteiger partial charge in [-0.15, -0.1) is 0 Å². The third-order valence-corrected chi connectivity index (χ3v) is 5.35. The second-order valence-corrected chi connectivity index (χ2v) is 7.34. The maximum absolute atomic E-state index is 12.5. The molecule has 0 saturated carbocycles. The van der Waals surface area contributed by atoms with E-state index in [1.807, 2.05) is 48.5 Å². The number of rotatable bonds is 7. The van der Waals surface area contributed by atoms with Gasteiger partial charge in [0.2, 0.25) is 0 Å². The number of carbonyl (C=O) groups is 1. The smallest absolute Gasteiger partial charge is 0.251 e. The van der Waals surface area contributed by atoms with Crippen LogP contribution in [-0.4, -0.2) is 29.1 Å². The van der Waals surface area contributed by atoms with Gasteiger partial charge in [0.05, 0.1) is 24.7 Å². The highest BCUT2D eigenvalue weighted by Crippen LogP contribution is 2.22. The second kappa shape index (κ2) is 9.01. The Bertz CT molecular complexity index is 1190. The molecule has 1 aromatic heterocycles. The van der Waals surface area contributed by atoms with Crippen LogP contribution in [0.4, 0.5) is 0 Å². The number of nitrogens with zero attached hydrogens (tertiary/aromatic N) is 2. The number of para-hydroxylation sites is 2. The van der Waals surface area contributed by atoms with E-state index in [1.54, 1.807) is 25.3 Å². The van der Waals surface area contributed by atoms with Gasteiger partial charge in [0, 0.05) is 23.6 Å². The van der Waals surface area contributed by atoms with E-state index in [2.05, 4.69) is 16.0 Å². The molecule has 0 spiro atoms. The molecule has 1 heterocycles. The zero-order chi connectivity index (χ0) is 20.9. The van der Waals surface area contributed by atoms with E-state index < -0.39 is 0 Å². The number of imidazole rings is 1. The highest BCUT2D eigenvalue weighted by Gasteiger charge is 2.13. The molecule has 30 heavy (non-hydrogen) atoms. The van der Waals surface area contributed by atoms with E-state index >= 15 is 0 Å². The number of benzene rings is 3. The Morgan fingerprint density at radius 3 is 2.70 bits per heavy atom. The van der Waals surface area contributed by atoms with Crippen LogP contribution >= 0.6 is 11.6 Å². The summed E-state index contributed by atoms with van der Waals surface area (Å²) in [5, 5.41) is 3.70. The highest BCUT2D eigenvalue weighted by atomic mass is 35.5. The van der Waals surface area contributed by atoms with Gasteiger partial charge in [-0.25, -0.2) is 4.98 Å². The summed E-state index contributed by atoms with van der Waals surface area (Å²) in [6.07, 6.45) is 0.606. The van der Waals surface area contributed by atoms with Crippen molar-refractivity contribution in [2.24, 2.45) is 0 Å². The number of carbonyl (C=O) groups excluding carboxylic acids is 1. The van der Waals surface area contributed by atoms with Crippen molar-refractivity contribution in [1.82, 2.24) is 14.9 Å². The molecule has 0 fully saturated rings. The third-order valence-electron chi connectivity index (χ3n) is 4.99. The summed E-state index contributed by atoms with van der Waals surface area (Å²) >= 11 is 6.38. The minimum absolute atomic E-state index is 0.136. The molecule has 4 aromatic rings. The average Bonchev–Trinajstić information content (AvgIpc) is 3.12. The molecule has 0 radical (unpaired) electrons. The normalized spacial score (nSPS) is 10.9. The summed E-state index contributed by atoms with van der Waals surface area (Å²) in [7, 11) is 1.58. The summed E-state index contributed by atoms with van der Waals surface area (Å²) in [5.41, 5.74) is 3.58. The van der Waals surface area contributed by atoms with Crippen LogP contribution in [0.1, 0.15) is 21.7 Å². The Hall–Kier alpha value is -3.31. The number of ether oxygens (including phenoxy) is 1. The zero-order valence-corrected chi connectivity index (χ0v) is 17.4. The molecule has 152 valence electrons. The van der Waals surface area contributed by atoms with E-state index in [0.29, 0.717) is 30.8 Å². The van der Waals surface area contributed by atoms with Crippen molar-refractivity contribution in [3.05, 3.63) is 94.8 Å². The molecule has 3 aromatic carbocycles. The molecule has 1 N–H and O–H groups in total. The van der Waals surface area contributed by atoms with Crippen LogP contribution < -0.4 is 10.1 Å². The lowest BCUT2D eigenvalue weighted by atomic mass is 10.2. The minimum atomic E-state index is -0.136. The van der Waals surface area contributed by atoms with Crippen molar-refractivity contribution in [2.75, 3.05) is 13.7 Å². The van der Waals surface area contributed by atoms with Gasteiger partial charge in [0.15, 0.2) is 0 Å². The van der Waals surface area contributed by atoms with Crippen molar-refractivity contribution in [3.63, 3.8) is 0 Å². The Kier molecular flexibility index (Phi) is 6.00. The first kappa shape index (κ1) is 20.0. The molecular weight excluding hydrogens is 398 g/mol.